The van der Waals surface area contributed by atoms with Gasteiger partial charge >= 0.3 is 0 Å². The molecule has 0 bridgehead atoms. The van der Waals surface area contributed by atoms with Gasteiger partial charge in [-0.15, -0.1) is 11.3 Å². The second-order valence-corrected chi connectivity index (χ2v) is 9.19. The number of thioether (sulfide) groups is 1. The van der Waals surface area contributed by atoms with Gasteiger partial charge in [-0.05, 0) is 38.2 Å². The zero-order valence-corrected chi connectivity index (χ0v) is 16.9. The van der Waals surface area contributed by atoms with Gasteiger partial charge in [0.2, 0.25) is 5.91 Å². The minimum atomic E-state index is 0.0247. The van der Waals surface area contributed by atoms with Crippen LogP contribution in [0.15, 0.2) is 9.95 Å². The van der Waals surface area contributed by atoms with Crippen LogP contribution < -0.4 is 5.56 Å². The molecule has 0 aliphatic carbocycles. The average Bonchev–Trinajstić information content (AvgIpc) is 3.17. The summed E-state index contributed by atoms with van der Waals surface area (Å²) in [5.41, 5.74) is 1.05. The molecule has 0 saturated carbocycles. The monoisotopic (exact) mass is 379 g/mol. The number of aryl methyl sites for hydroxylation is 2. The molecule has 1 fully saturated rings. The maximum Gasteiger partial charge on any atom is 0.263 e. The first-order valence-electron chi connectivity index (χ1n) is 8.79. The van der Waals surface area contributed by atoms with Crippen molar-refractivity contribution < 1.29 is 4.79 Å². The molecule has 5 nitrogen and oxygen atoms in total. The highest BCUT2D eigenvalue weighted by atomic mass is 32.2. The number of nitrogens with zero attached hydrogens (tertiary/aromatic N) is 3. The molecule has 1 aliphatic rings. The predicted octanol–water partition coefficient (Wildman–Crippen LogP) is 3.45. The van der Waals surface area contributed by atoms with Gasteiger partial charge in [0, 0.05) is 24.5 Å². The maximum atomic E-state index is 13.0. The van der Waals surface area contributed by atoms with Crippen molar-refractivity contribution in [3.8, 4) is 0 Å². The van der Waals surface area contributed by atoms with E-state index in [1.54, 1.807) is 15.9 Å². The number of amides is 1. The molecule has 0 radical (unpaired) electrons. The lowest BCUT2D eigenvalue weighted by Gasteiger charge is -2.17. The van der Waals surface area contributed by atoms with Crippen LogP contribution in [0.4, 0.5) is 0 Å². The molecule has 0 atom stereocenters. The lowest BCUT2D eigenvalue weighted by atomic mass is 10.2. The molecule has 1 saturated heterocycles. The van der Waals surface area contributed by atoms with Crippen molar-refractivity contribution in [2.45, 2.75) is 52.2 Å². The quantitative estimate of drug-likeness (QED) is 0.590. The smallest absolute Gasteiger partial charge is 0.263 e. The van der Waals surface area contributed by atoms with E-state index in [-0.39, 0.29) is 11.5 Å². The van der Waals surface area contributed by atoms with E-state index in [1.807, 2.05) is 18.7 Å². The minimum absolute atomic E-state index is 0.0247. The predicted molar refractivity (Wildman–Crippen MR) is 105 cm³/mol. The van der Waals surface area contributed by atoms with Crippen molar-refractivity contribution >= 4 is 39.2 Å². The molecule has 2 aromatic heterocycles. The number of hydrogen-bond acceptors (Lipinski definition) is 5. The summed E-state index contributed by atoms with van der Waals surface area (Å²) >= 11 is 2.96. The summed E-state index contributed by atoms with van der Waals surface area (Å²) in [7, 11) is 0. The summed E-state index contributed by atoms with van der Waals surface area (Å²) < 4.78 is 1.76. The van der Waals surface area contributed by atoms with Crippen molar-refractivity contribution in [3.63, 3.8) is 0 Å². The average molecular weight is 380 g/mol. The zero-order valence-electron chi connectivity index (χ0n) is 15.3. The van der Waals surface area contributed by atoms with Gasteiger partial charge in [-0.1, -0.05) is 25.6 Å². The van der Waals surface area contributed by atoms with Crippen LogP contribution in [0.2, 0.25) is 0 Å². The first kappa shape index (κ1) is 18.5. The molecule has 0 spiro atoms. The second-order valence-electron chi connectivity index (χ2n) is 7.04. The molecule has 0 N–H and O–H groups in total. The first-order chi connectivity index (χ1) is 11.9. The highest BCUT2D eigenvalue weighted by Crippen LogP contribution is 2.28. The van der Waals surface area contributed by atoms with Gasteiger partial charge in [0.1, 0.15) is 4.83 Å². The molecule has 3 heterocycles. The standard InChI is InChI=1S/C18H25N3O2S2/c1-11(2)9-21-17(23)15-12(3)13(4)25-16(15)19-18(21)24-10-14(22)20-7-5-6-8-20/h11H,5-10H2,1-4H3. The third-order valence-electron chi connectivity index (χ3n) is 4.59. The number of hydrogen-bond donors (Lipinski definition) is 0. The van der Waals surface area contributed by atoms with Crippen LogP contribution in [0, 0.1) is 19.8 Å². The number of fused-ring (bicyclic) bond motifs is 1. The first-order valence-corrected chi connectivity index (χ1v) is 10.6. The zero-order chi connectivity index (χ0) is 18.1. The third kappa shape index (κ3) is 3.77. The normalized spacial score (nSPS) is 14.8. The Morgan fingerprint density at radius 3 is 2.60 bits per heavy atom. The Labute approximate surface area is 156 Å². The Morgan fingerprint density at radius 1 is 1.28 bits per heavy atom. The molecule has 1 amide bonds. The molecule has 136 valence electrons. The molecule has 0 aromatic carbocycles. The maximum absolute atomic E-state index is 13.0. The summed E-state index contributed by atoms with van der Waals surface area (Å²) in [5, 5.41) is 1.40. The van der Waals surface area contributed by atoms with E-state index >= 15 is 0 Å². The Kier molecular flexibility index (Phi) is 5.53. The molecule has 2 aromatic rings. The summed E-state index contributed by atoms with van der Waals surface area (Å²) in [6, 6.07) is 0. The van der Waals surface area contributed by atoms with Gasteiger partial charge in [-0.3, -0.25) is 14.2 Å². The Morgan fingerprint density at radius 2 is 1.96 bits per heavy atom. The fraction of sp³-hybridized carbons (Fsp3) is 0.611. The van der Waals surface area contributed by atoms with Crippen molar-refractivity contribution in [1.29, 1.82) is 0 Å². The lowest BCUT2D eigenvalue weighted by Crippen LogP contribution is -2.30. The lowest BCUT2D eigenvalue weighted by molar-refractivity contribution is -0.127. The SMILES string of the molecule is Cc1sc2nc(SCC(=O)N3CCCC3)n(CC(C)C)c(=O)c2c1C. The summed E-state index contributed by atoms with van der Waals surface area (Å²) in [4.78, 5) is 34.0. The van der Waals surface area contributed by atoms with E-state index in [9.17, 15) is 9.59 Å². The summed E-state index contributed by atoms with van der Waals surface area (Å²) in [5.74, 6) is 0.830. The van der Waals surface area contributed by atoms with Gasteiger partial charge in [-0.2, -0.15) is 0 Å². The highest BCUT2D eigenvalue weighted by Gasteiger charge is 2.21. The number of carbonyl (C=O) groups is 1. The van der Waals surface area contributed by atoms with E-state index < -0.39 is 0 Å². The van der Waals surface area contributed by atoms with Crippen molar-refractivity contribution in [1.82, 2.24) is 14.5 Å². The molecule has 7 heteroatoms. The van der Waals surface area contributed by atoms with Gasteiger partial charge in [-0.25, -0.2) is 4.98 Å². The van der Waals surface area contributed by atoms with Crippen LogP contribution in [-0.4, -0.2) is 39.2 Å². The Bertz CT molecular complexity index is 848. The highest BCUT2D eigenvalue weighted by molar-refractivity contribution is 7.99. The minimum Gasteiger partial charge on any atom is -0.342 e. The van der Waals surface area contributed by atoms with E-state index in [0.29, 0.717) is 23.4 Å². The molecular weight excluding hydrogens is 354 g/mol. The summed E-state index contributed by atoms with van der Waals surface area (Å²) in [6.45, 7) is 10.5. The molecule has 1 aliphatic heterocycles. The topological polar surface area (TPSA) is 55.2 Å². The van der Waals surface area contributed by atoms with Crippen LogP contribution in [0.1, 0.15) is 37.1 Å². The number of likely N-dealkylation sites (tertiary alicyclic amines) is 1. The van der Waals surface area contributed by atoms with Gasteiger partial charge in [0.05, 0.1) is 11.1 Å². The summed E-state index contributed by atoms with van der Waals surface area (Å²) in [6.07, 6.45) is 2.18. The fourth-order valence-corrected chi connectivity index (χ4v) is 5.11. The molecular formula is C18H25N3O2S2. The van der Waals surface area contributed by atoms with E-state index in [4.69, 9.17) is 4.98 Å². The van der Waals surface area contributed by atoms with Gasteiger partial charge in [0.15, 0.2) is 5.16 Å². The third-order valence-corrected chi connectivity index (χ3v) is 6.65. The number of carbonyl (C=O) groups excluding carboxylic acids is 1. The largest absolute Gasteiger partial charge is 0.342 e. The van der Waals surface area contributed by atoms with Crippen LogP contribution in [-0.2, 0) is 11.3 Å². The van der Waals surface area contributed by atoms with Crippen LogP contribution in [0.25, 0.3) is 10.2 Å². The Hall–Kier alpha value is -1.34. The van der Waals surface area contributed by atoms with Gasteiger partial charge < -0.3 is 4.90 Å². The van der Waals surface area contributed by atoms with Crippen molar-refractivity contribution in [2.24, 2.45) is 5.92 Å². The number of aromatic nitrogens is 2. The molecule has 0 unspecified atom stereocenters. The van der Waals surface area contributed by atoms with Crippen molar-refractivity contribution in [2.75, 3.05) is 18.8 Å². The number of rotatable bonds is 5. The van der Waals surface area contributed by atoms with E-state index in [0.717, 1.165) is 46.6 Å². The second kappa shape index (κ2) is 7.50. The van der Waals surface area contributed by atoms with Crippen molar-refractivity contribution in [3.05, 3.63) is 20.8 Å². The van der Waals surface area contributed by atoms with E-state index in [2.05, 4.69) is 13.8 Å². The fourth-order valence-electron chi connectivity index (χ4n) is 3.13. The molecule has 3 rings (SSSR count). The van der Waals surface area contributed by atoms with Crippen LogP contribution >= 0.6 is 23.1 Å². The molecule has 25 heavy (non-hydrogen) atoms. The Balaban J connectivity index is 1.94. The van der Waals surface area contributed by atoms with Crippen LogP contribution in [0.3, 0.4) is 0 Å². The van der Waals surface area contributed by atoms with E-state index in [1.165, 1.54) is 11.8 Å². The van der Waals surface area contributed by atoms with Gasteiger partial charge in [0.25, 0.3) is 5.56 Å². The number of thiophene rings is 1. The van der Waals surface area contributed by atoms with Crippen LogP contribution in [0.5, 0.6) is 0 Å².